The molecule has 1 fully saturated rings. The van der Waals surface area contributed by atoms with Crippen molar-refractivity contribution in [3.63, 3.8) is 0 Å². The van der Waals surface area contributed by atoms with E-state index < -0.39 is 15.9 Å². The van der Waals surface area contributed by atoms with Gasteiger partial charge in [0.05, 0.1) is 23.7 Å². The van der Waals surface area contributed by atoms with Gasteiger partial charge in [0.2, 0.25) is 0 Å². The first-order valence-corrected chi connectivity index (χ1v) is 12.1. The molecule has 0 aliphatic carbocycles. The highest BCUT2D eigenvalue weighted by atomic mass is 35.5. The lowest BCUT2D eigenvalue weighted by atomic mass is 10.1. The molecule has 29 heavy (non-hydrogen) atoms. The molecular formula is C21H23Cl2NO4S. The molecule has 3 rings (SSSR count). The van der Waals surface area contributed by atoms with E-state index >= 15 is 0 Å². The number of benzene rings is 2. The molecule has 0 aromatic heterocycles. The van der Waals surface area contributed by atoms with Gasteiger partial charge in [0, 0.05) is 22.6 Å². The van der Waals surface area contributed by atoms with E-state index in [1.165, 1.54) is 0 Å². The maximum atomic E-state index is 13.5. The molecule has 1 aliphatic rings. The Labute approximate surface area is 181 Å². The molecule has 0 spiro atoms. The molecule has 5 nitrogen and oxygen atoms in total. The zero-order valence-electron chi connectivity index (χ0n) is 16.1. The van der Waals surface area contributed by atoms with Gasteiger partial charge in [0.25, 0.3) is 5.91 Å². The van der Waals surface area contributed by atoms with E-state index in [0.717, 1.165) is 6.42 Å². The first kappa shape index (κ1) is 21.9. The van der Waals surface area contributed by atoms with Crippen LogP contribution in [0.5, 0.6) is 5.75 Å². The molecule has 1 atom stereocenters. The van der Waals surface area contributed by atoms with Crippen LogP contribution < -0.4 is 4.74 Å². The fourth-order valence-corrected chi connectivity index (χ4v) is 5.56. The van der Waals surface area contributed by atoms with Crippen LogP contribution in [0.3, 0.4) is 0 Å². The zero-order valence-corrected chi connectivity index (χ0v) is 18.4. The fourth-order valence-electron chi connectivity index (χ4n) is 3.36. The number of sulfone groups is 1. The number of rotatable bonds is 7. The van der Waals surface area contributed by atoms with Gasteiger partial charge in [-0.25, -0.2) is 8.42 Å². The Morgan fingerprint density at radius 3 is 2.62 bits per heavy atom. The van der Waals surface area contributed by atoms with Gasteiger partial charge in [-0.05, 0) is 42.7 Å². The first-order valence-electron chi connectivity index (χ1n) is 9.48. The first-order chi connectivity index (χ1) is 13.8. The van der Waals surface area contributed by atoms with Gasteiger partial charge in [-0.3, -0.25) is 4.79 Å². The van der Waals surface area contributed by atoms with Gasteiger partial charge >= 0.3 is 0 Å². The summed E-state index contributed by atoms with van der Waals surface area (Å²) in [6.45, 7) is 2.67. The molecule has 1 aliphatic heterocycles. The summed E-state index contributed by atoms with van der Waals surface area (Å²) < 4.78 is 29.9. The number of amides is 1. The fraction of sp³-hybridized carbons (Fsp3) is 0.381. The van der Waals surface area contributed by atoms with E-state index in [4.69, 9.17) is 27.9 Å². The van der Waals surface area contributed by atoms with Crippen molar-refractivity contribution in [1.82, 2.24) is 4.90 Å². The van der Waals surface area contributed by atoms with E-state index in [1.807, 2.05) is 13.0 Å². The van der Waals surface area contributed by atoms with Crippen LogP contribution in [0.1, 0.15) is 35.7 Å². The molecule has 0 radical (unpaired) electrons. The van der Waals surface area contributed by atoms with Crippen LogP contribution in [0.15, 0.2) is 42.5 Å². The van der Waals surface area contributed by atoms with Crippen molar-refractivity contribution in [2.75, 3.05) is 18.1 Å². The minimum Gasteiger partial charge on any atom is -0.493 e. The molecule has 1 amide bonds. The van der Waals surface area contributed by atoms with Crippen LogP contribution in [-0.4, -0.2) is 43.4 Å². The monoisotopic (exact) mass is 455 g/mol. The third kappa shape index (κ3) is 5.44. The van der Waals surface area contributed by atoms with Crippen LogP contribution in [0.25, 0.3) is 0 Å². The molecule has 1 heterocycles. The van der Waals surface area contributed by atoms with Crippen molar-refractivity contribution < 1.29 is 17.9 Å². The molecule has 8 heteroatoms. The van der Waals surface area contributed by atoms with Crippen LogP contribution >= 0.6 is 23.2 Å². The molecule has 0 unspecified atom stereocenters. The minimum atomic E-state index is -3.17. The molecule has 1 saturated heterocycles. The predicted molar refractivity (Wildman–Crippen MR) is 116 cm³/mol. The van der Waals surface area contributed by atoms with Crippen molar-refractivity contribution in [2.45, 2.75) is 32.4 Å². The Hall–Kier alpha value is -1.76. The van der Waals surface area contributed by atoms with Crippen molar-refractivity contribution in [3.05, 3.63) is 63.6 Å². The Bertz CT molecular complexity index is 994. The number of halogens is 2. The number of carbonyl (C=O) groups excluding carboxylic acids is 1. The van der Waals surface area contributed by atoms with Crippen LogP contribution in [-0.2, 0) is 16.4 Å². The topological polar surface area (TPSA) is 63.7 Å². The number of hydrogen-bond donors (Lipinski definition) is 0. The van der Waals surface area contributed by atoms with Crippen LogP contribution in [0.2, 0.25) is 10.0 Å². The summed E-state index contributed by atoms with van der Waals surface area (Å²) >= 11 is 12.3. The maximum absolute atomic E-state index is 13.5. The second kappa shape index (κ2) is 9.37. The number of para-hydroxylation sites is 1. The summed E-state index contributed by atoms with van der Waals surface area (Å²) in [5.74, 6) is 0.239. The maximum Gasteiger partial charge on any atom is 0.258 e. The standard InChI is InChI=1S/C21H23Cl2NO4S/c1-2-10-28-20-6-4-3-5-18(20)21(25)24(17-9-11-29(26,27)14-17)13-15-7-8-16(22)12-19(15)23/h3-8,12,17H,2,9-11,13-14H2,1H3/t17-/m0/s1. The lowest BCUT2D eigenvalue weighted by Crippen LogP contribution is -2.40. The van der Waals surface area contributed by atoms with Crippen molar-refractivity contribution in [1.29, 1.82) is 0 Å². The third-order valence-electron chi connectivity index (χ3n) is 4.84. The van der Waals surface area contributed by atoms with Gasteiger partial charge in [0.1, 0.15) is 5.75 Å². The smallest absolute Gasteiger partial charge is 0.258 e. The summed E-state index contributed by atoms with van der Waals surface area (Å²) in [4.78, 5) is 15.1. The summed E-state index contributed by atoms with van der Waals surface area (Å²) in [7, 11) is -3.17. The average Bonchev–Trinajstić information content (AvgIpc) is 3.05. The Kier molecular flexibility index (Phi) is 7.09. The number of nitrogens with zero attached hydrogens (tertiary/aromatic N) is 1. The largest absolute Gasteiger partial charge is 0.493 e. The second-order valence-corrected chi connectivity index (χ2v) is 10.1. The lowest BCUT2D eigenvalue weighted by Gasteiger charge is -2.29. The molecule has 156 valence electrons. The van der Waals surface area contributed by atoms with E-state index in [-0.39, 0.29) is 24.0 Å². The predicted octanol–water partition coefficient (Wildman–Crippen LogP) is 4.61. The number of ether oxygens (including phenoxy) is 1. The van der Waals surface area contributed by atoms with Gasteiger partial charge in [-0.1, -0.05) is 48.3 Å². The average molecular weight is 456 g/mol. The molecular weight excluding hydrogens is 433 g/mol. The molecule has 2 aromatic rings. The van der Waals surface area contributed by atoms with Crippen molar-refractivity contribution >= 4 is 38.9 Å². The Morgan fingerprint density at radius 2 is 1.97 bits per heavy atom. The van der Waals surface area contributed by atoms with Gasteiger partial charge in [-0.15, -0.1) is 0 Å². The van der Waals surface area contributed by atoms with E-state index in [0.29, 0.717) is 39.9 Å². The summed E-state index contributed by atoms with van der Waals surface area (Å²) in [6.07, 6.45) is 1.21. The summed E-state index contributed by atoms with van der Waals surface area (Å²) in [5, 5.41) is 0.935. The van der Waals surface area contributed by atoms with Crippen LogP contribution in [0, 0.1) is 0 Å². The zero-order chi connectivity index (χ0) is 21.0. The minimum absolute atomic E-state index is 0.0536. The van der Waals surface area contributed by atoms with Gasteiger partial charge in [-0.2, -0.15) is 0 Å². The molecule has 2 aromatic carbocycles. The molecule has 0 N–H and O–H groups in total. The SMILES string of the molecule is CCCOc1ccccc1C(=O)N(Cc1ccc(Cl)cc1Cl)[C@H]1CCS(=O)(=O)C1. The molecule has 0 bridgehead atoms. The number of carbonyl (C=O) groups is 1. The van der Waals surface area contributed by atoms with Crippen molar-refractivity contribution in [2.24, 2.45) is 0 Å². The summed E-state index contributed by atoms with van der Waals surface area (Å²) in [6, 6.07) is 11.7. The van der Waals surface area contributed by atoms with Crippen LogP contribution in [0.4, 0.5) is 0 Å². The Balaban J connectivity index is 1.96. The lowest BCUT2D eigenvalue weighted by molar-refractivity contribution is 0.0676. The summed E-state index contributed by atoms with van der Waals surface area (Å²) in [5.41, 5.74) is 1.12. The highest BCUT2D eigenvalue weighted by Crippen LogP contribution is 2.29. The molecule has 0 saturated carbocycles. The normalized spacial score (nSPS) is 17.8. The van der Waals surface area contributed by atoms with Gasteiger partial charge in [0.15, 0.2) is 9.84 Å². The van der Waals surface area contributed by atoms with E-state index in [9.17, 15) is 13.2 Å². The Morgan fingerprint density at radius 1 is 1.21 bits per heavy atom. The van der Waals surface area contributed by atoms with Crippen molar-refractivity contribution in [3.8, 4) is 5.75 Å². The number of hydrogen-bond acceptors (Lipinski definition) is 4. The quantitative estimate of drug-likeness (QED) is 0.611. The highest BCUT2D eigenvalue weighted by molar-refractivity contribution is 7.91. The second-order valence-electron chi connectivity index (χ2n) is 7.07. The van der Waals surface area contributed by atoms with E-state index in [1.54, 1.807) is 41.3 Å². The highest BCUT2D eigenvalue weighted by Gasteiger charge is 2.36. The van der Waals surface area contributed by atoms with E-state index in [2.05, 4.69) is 0 Å². The third-order valence-corrected chi connectivity index (χ3v) is 7.18. The van der Waals surface area contributed by atoms with Gasteiger partial charge < -0.3 is 9.64 Å².